The molecule has 4 rings (SSSR count). The first-order chi connectivity index (χ1) is 14.4. The van der Waals surface area contributed by atoms with Crippen molar-refractivity contribution in [2.75, 3.05) is 17.1 Å². The number of fused-ring (bicyclic) bond motifs is 1. The van der Waals surface area contributed by atoms with Crippen molar-refractivity contribution in [1.82, 2.24) is 9.78 Å². The number of nitrogens with two attached hydrogens (primary N) is 1. The molecule has 10 heteroatoms. The summed E-state index contributed by atoms with van der Waals surface area (Å²) in [6.45, 7) is -0.355. The van der Waals surface area contributed by atoms with Gasteiger partial charge < -0.3 is 15.0 Å². The van der Waals surface area contributed by atoms with Crippen LogP contribution in [0.15, 0.2) is 36.4 Å². The number of alkyl halides is 2. The average molecular weight is 455 g/mol. The number of ether oxygens (including phenoxy) is 1. The van der Waals surface area contributed by atoms with Crippen molar-refractivity contribution in [2.24, 2.45) is 0 Å². The molecule has 0 spiro atoms. The fraction of sp³-hybridized carbons (Fsp3) is 0.350. The minimum Gasteiger partial charge on any atom is -0.593 e. The number of rotatable bonds is 8. The molecule has 1 unspecified atom stereocenters. The summed E-state index contributed by atoms with van der Waals surface area (Å²) in [5, 5.41) is 5.16. The monoisotopic (exact) mass is 454 g/mol. The predicted octanol–water partition coefficient (Wildman–Crippen LogP) is 4.38. The maximum atomic E-state index is 13.2. The van der Waals surface area contributed by atoms with Crippen LogP contribution < -0.4 is 14.8 Å². The number of benzene rings is 2. The molecule has 1 aliphatic rings. The lowest BCUT2D eigenvalue weighted by Crippen LogP contribution is -2.34. The Labute approximate surface area is 180 Å². The largest absolute Gasteiger partial charge is 0.593 e. The molecular weight excluding hydrogens is 434 g/mol. The van der Waals surface area contributed by atoms with Gasteiger partial charge in [0.15, 0.2) is 0 Å². The average Bonchev–Trinajstić information content (AvgIpc) is 3.51. The molecule has 3 aromatic rings. The molecular formula is C20H21ClF2N4O2S. The van der Waals surface area contributed by atoms with Crippen LogP contribution >= 0.6 is 11.6 Å². The molecule has 1 aliphatic carbocycles. The van der Waals surface area contributed by atoms with E-state index in [9.17, 15) is 13.3 Å². The molecule has 1 saturated carbocycles. The second-order valence-corrected chi connectivity index (χ2v) is 9.18. The van der Waals surface area contributed by atoms with Crippen LogP contribution in [0.2, 0.25) is 5.02 Å². The fourth-order valence-electron chi connectivity index (χ4n) is 3.30. The van der Waals surface area contributed by atoms with E-state index < -0.39 is 24.3 Å². The van der Waals surface area contributed by atoms with Gasteiger partial charge in [-0.05, 0) is 29.8 Å². The standard InChI is InChI=1S/C20H21ClF2N4O2S/c1-29-13-4-2-12(3-5-13)10-27(30(28)14-6-7-14)20-18-15(21)8-9-16(24)19(18)26(25-20)11-17(22)23/h2-5,8-9,14,17H,6-7,10-11,24H2,1H3. The van der Waals surface area contributed by atoms with E-state index in [1.165, 1.54) is 0 Å². The van der Waals surface area contributed by atoms with Crippen molar-refractivity contribution in [3.63, 3.8) is 0 Å². The second kappa shape index (κ2) is 8.49. The number of methoxy groups -OCH3 is 1. The Hall–Kier alpha value is -2.23. The van der Waals surface area contributed by atoms with E-state index in [-0.39, 0.29) is 17.5 Å². The van der Waals surface area contributed by atoms with Crippen LogP contribution in [0.4, 0.5) is 20.3 Å². The van der Waals surface area contributed by atoms with E-state index in [4.69, 9.17) is 22.1 Å². The number of hydrogen-bond acceptors (Lipinski definition) is 5. The van der Waals surface area contributed by atoms with E-state index >= 15 is 0 Å². The highest BCUT2D eigenvalue weighted by Gasteiger charge is 2.41. The van der Waals surface area contributed by atoms with E-state index in [1.807, 2.05) is 24.3 Å². The zero-order chi connectivity index (χ0) is 21.4. The molecule has 2 N–H and O–H groups in total. The lowest BCUT2D eigenvalue weighted by atomic mass is 10.2. The minimum atomic E-state index is -2.62. The molecule has 160 valence electrons. The molecule has 1 heterocycles. The van der Waals surface area contributed by atoms with Gasteiger partial charge in [0.25, 0.3) is 6.43 Å². The van der Waals surface area contributed by atoms with E-state index in [0.29, 0.717) is 27.5 Å². The molecule has 0 radical (unpaired) electrons. The van der Waals surface area contributed by atoms with Crippen LogP contribution in [0.5, 0.6) is 5.75 Å². The second-order valence-electron chi connectivity index (χ2n) is 7.12. The van der Waals surface area contributed by atoms with Crippen molar-refractivity contribution in [2.45, 2.75) is 37.6 Å². The summed E-state index contributed by atoms with van der Waals surface area (Å²) in [7, 11) is 1.58. The topological polar surface area (TPSA) is 79.4 Å². The fourth-order valence-corrected chi connectivity index (χ4v) is 5.01. The Bertz CT molecular complexity index is 1040. The molecule has 1 atom stereocenters. The van der Waals surface area contributed by atoms with Gasteiger partial charge in [-0.25, -0.2) is 8.78 Å². The van der Waals surface area contributed by atoms with E-state index in [2.05, 4.69) is 5.10 Å². The third-order valence-electron chi connectivity index (χ3n) is 4.91. The summed E-state index contributed by atoms with van der Waals surface area (Å²) < 4.78 is 47.6. The van der Waals surface area contributed by atoms with Gasteiger partial charge >= 0.3 is 0 Å². The minimum absolute atomic E-state index is 0.0124. The first kappa shape index (κ1) is 21.0. The maximum Gasteiger partial charge on any atom is 0.257 e. The highest BCUT2D eigenvalue weighted by atomic mass is 35.5. The normalized spacial score (nSPS) is 15.0. The Morgan fingerprint density at radius 2 is 2.00 bits per heavy atom. The van der Waals surface area contributed by atoms with Gasteiger partial charge in [0.05, 0.1) is 46.6 Å². The summed E-state index contributed by atoms with van der Waals surface area (Å²) in [5.41, 5.74) is 7.56. The Morgan fingerprint density at radius 1 is 1.30 bits per heavy atom. The molecule has 1 fully saturated rings. The lowest BCUT2D eigenvalue weighted by Gasteiger charge is -2.25. The number of halogens is 3. The molecule has 6 nitrogen and oxygen atoms in total. The SMILES string of the molecule is COc1ccc(CN(c2nn(CC(F)F)c3c(N)ccc(Cl)c23)[S+]([O-])C2CC2)cc1. The lowest BCUT2D eigenvalue weighted by molar-refractivity contribution is 0.123. The smallest absolute Gasteiger partial charge is 0.257 e. The molecule has 0 bridgehead atoms. The first-order valence-electron chi connectivity index (χ1n) is 9.43. The first-order valence-corrected chi connectivity index (χ1v) is 11.0. The maximum absolute atomic E-state index is 13.2. The molecule has 1 aromatic heterocycles. The summed E-state index contributed by atoms with van der Waals surface area (Å²) in [6, 6.07) is 10.5. The zero-order valence-electron chi connectivity index (χ0n) is 16.2. The number of aromatic nitrogens is 2. The zero-order valence-corrected chi connectivity index (χ0v) is 17.8. The van der Waals surface area contributed by atoms with Gasteiger partial charge in [-0.15, -0.1) is 5.10 Å². The molecule has 0 saturated heterocycles. The number of hydrogen-bond donors (Lipinski definition) is 1. The molecule has 2 aromatic carbocycles. The van der Waals surface area contributed by atoms with E-state index in [0.717, 1.165) is 23.1 Å². The summed E-state index contributed by atoms with van der Waals surface area (Å²) in [5.74, 6) is 1.00. The Balaban J connectivity index is 1.82. The summed E-state index contributed by atoms with van der Waals surface area (Å²) >= 11 is 5.04. The predicted molar refractivity (Wildman–Crippen MR) is 116 cm³/mol. The molecule has 30 heavy (non-hydrogen) atoms. The number of anilines is 2. The number of nitrogen functional groups attached to an aromatic ring is 1. The van der Waals surface area contributed by atoms with Crippen molar-refractivity contribution >= 4 is 45.4 Å². The van der Waals surface area contributed by atoms with Gasteiger partial charge in [-0.3, -0.25) is 4.68 Å². The molecule has 0 aliphatic heterocycles. The van der Waals surface area contributed by atoms with Crippen molar-refractivity contribution in [3.8, 4) is 5.75 Å². The van der Waals surface area contributed by atoms with Crippen LogP contribution in [0.1, 0.15) is 18.4 Å². The summed E-state index contributed by atoms with van der Waals surface area (Å²) in [4.78, 5) is 0. The quantitative estimate of drug-likeness (QED) is 0.403. The molecule has 0 amide bonds. The third-order valence-corrected chi connectivity index (χ3v) is 7.01. The van der Waals surface area contributed by atoms with Crippen molar-refractivity contribution in [1.29, 1.82) is 0 Å². The van der Waals surface area contributed by atoms with Gasteiger partial charge in [0.1, 0.15) is 17.5 Å². The van der Waals surface area contributed by atoms with Crippen molar-refractivity contribution in [3.05, 3.63) is 47.0 Å². The van der Waals surface area contributed by atoms with Crippen LogP contribution in [-0.2, 0) is 24.5 Å². The summed E-state index contributed by atoms with van der Waals surface area (Å²) in [6.07, 6.45) is -0.933. The van der Waals surface area contributed by atoms with Gasteiger partial charge in [0, 0.05) is 12.8 Å². The highest BCUT2D eigenvalue weighted by Crippen LogP contribution is 2.41. The van der Waals surface area contributed by atoms with E-state index in [1.54, 1.807) is 23.5 Å². The highest BCUT2D eigenvalue weighted by molar-refractivity contribution is 7.93. The van der Waals surface area contributed by atoms with Crippen LogP contribution in [0.25, 0.3) is 10.9 Å². The third kappa shape index (κ3) is 4.14. The van der Waals surface area contributed by atoms with Crippen LogP contribution in [0.3, 0.4) is 0 Å². The Morgan fingerprint density at radius 3 is 2.60 bits per heavy atom. The van der Waals surface area contributed by atoms with Crippen LogP contribution in [-0.4, -0.2) is 33.1 Å². The van der Waals surface area contributed by atoms with Crippen LogP contribution in [0, 0.1) is 0 Å². The van der Waals surface area contributed by atoms with Gasteiger partial charge in [-0.2, -0.15) is 4.31 Å². The Kier molecular flexibility index (Phi) is 5.95. The van der Waals surface area contributed by atoms with Gasteiger partial charge in [-0.1, -0.05) is 23.7 Å². The number of nitrogens with zero attached hydrogens (tertiary/aromatic N) is 3. The van der Waals surface area contributed by atoms with Gasteiger partial charge in [0.2, 0.25) is 5.82 Å². The van der Waals surface area contributed by atoms with Crippen molar-refractivity contribution < 1.29 is 18.1 Å².